The largest absolute Gasteiger partial charge is 0.491 e. The molecular formula is C19H27N3O3. The Morgan fingerprint density at radius 1 is 1.24 bits per heavy atom. The second-order valence-electron chi connectivity index (χ2n) is 7.03. The van der Waals surface area contributed by atoms with E-state index in [1.54, 1.807) is 10.9 Å². The molecule has 6 heteroatoms. The average Bonchev–Trinajstić information content (AvgIpc) is 2.98. The van der Waals surface area contributed by atoms with Gasteiger partial charge in [-0.3, -0.25) is 9.48 Å². The molecule has 1 N–H and O–H groups in total. The minimum atomic E-state index is -0.150. The van der Waals surface area contributed by atoms with Gasteiger partial charge in [0.05, 0.1) is 18.8 Å². The Balaban J connectivity index is 1.75. The maximum absolute atomic E-state index is 12.2. The molecule has 1 atom stereocenters. The van der Waals surface area contributed by atoms with Gasteiger partial charge in [0.2, 0.25) is 5.91 Å². The van der Waals surface area contributed by atoms with Crippen molar-refractivity contribution in [2.45, 2.75) is 26.8 Å². The first-order chi connectivity index (χ1) is 11.9. The number of aromatic nitrogens is 2. The molecule has 0 bridgehead atoms. The summed E-state index contributed by atoms with van der Waals surface area (Å²) < 4.78 is 12.7. The van der Waals surface area contributed by atoms with Crippen LogP contribution in [0.5, 0.6) is 5.75 Å². The lowest BCUT2D eigenvalue weighted by Crippen LogP contribution is -2.38. The van der Waals surface area contributed by atoms with Gasteiger partial charge in [0, 0.05) is 18.8 Å². The zero-order valence-electron chi connectivity index (χ0n) is 15.4. The maximum atomic E-state index is 12.2. The summed E-state index contributed by atoms with van der Waals surface area (Å²) in [5.41, 5.74) is 0.852. The molecular weight excluding hydrogens is 318 g/mol. The van der Waals surface area contributed by atoms with Crippen LogP contribution in [0.25, 0.3) is 0 Å². The number of aryl methyl sites for hydroxylation is 1. The van der Waals surface area contributed by atoms with Crippen molar-refractivity contribution >= 4 is 5.91 Å². The normalized spacial score (nSPS) is 12.6. The van der Waals surface area contributed by atoms with Crippen LogP contribution in [0.3, 0.4) is 0 Å². The van der Waals surface area contributed by atoms with Crippen LogP contribution in [-0.2, 0) is 16.6 Å². The molecule has 0 aliphatic carbocycles. The Hall–Kier alpha value is -2.34. The molecule has 0 spiro atoms. The quantitative estimate of drug-likeness (QED) is 0.747. The zero-order valence-corrected chi connectivity index (χ0v) is 15.4. The highest BCUT2D eigenvalue weighted by Gasteiger charge is 2.28. The average molecular weight is 345 g/mol. The number of rotatable bonds is 8. The molecule has 0 fully saturated rings. The van der Waals surface area contributed by atoms with Gasteiger partial charge < -0.3 is 14.8 Å². The van der Waals surface area contributed by atoms with Crippen molar-refractivity contribution in [3.63, 3.8) is 0 Å². The maximum Gasteiger partial charge on any atom is 0.246 e. The molecule has 0 saturated heterocycles. The first-order valence-corrected chi connectivity index (χ1v) is 8.40. The summed E-state index contributed by atoms with van der Waals surface area (Å²) in [6.45, 7) is 7.02. The van der Waals surface area contributed by atoms with Gasteiger partial charge in [0.25, 0.3) is 0 Å². The summed E-state index contributed by atoms with van der Waals surface area (Å²) >= 11 is 0. The number of hydrogen-bond donors (Lipinski definition) is 1. The number of ether oxygens (including phenoxy) is 2. The summed E-state index contributed by atoms with van der Waals surface area (Å²) in [5, 5.41) is 7.23. The van der Waals surface area contributed by atoms with Gasteiger partial charge in [-0.2, -0.15) is 5.10 Å². The molecule has 0 aliphatic rings. The molecule has 2 aromatic rings. The number of carbonyl (C=O) groups excluding carboxylic acids is 1. The summed E-state index contributed by atoms with van der Waals surface area (Å²) in [7, 11) is 1.86. The number of carbonyl (C=O) groups is 1. The third-order valence-electron chi connectivity index (χ3n) is 3.70. The van der Waals surface area contributed by atoms with Crippen LogP contribution in [0, 0.1) is 5.41 Å². The van der Waals surface area contributed by atoms with Crippen LogP contribution in [0.1, 0.15) is 32.4 Å². The van der Waals surface area contributed by atoms with E-state index in [-0.39, 0.29) is 24.0 Å². The SMILES string of the molecule is Cn1cc(C(NC(=O)COCCOc2ccccc2)C(C)(C)C)cn1. The first kappa shape index (κ1) is 19.0. The fourth-order valence-corrected chi connectivity index (χ4v) is 2.49. The van der Waals surface area contributed by atoms with E-state index in [1.165, 1.54) is 0 Å². The molecule has 25 heavy (non-hydrogen) atoms. The monoisotopic (exact) mass is 345 g/mol. The van der Waals surface area contributed by atoms with Crippen molar-refractivity contribution < 1.29 is 14.3 Å². The highest BCUT2D eigenvalue weighted by atomic mass is 16.5. The third-order valence-corrected chi connectivity index (χ3v) is 3.70. The highest BCUT2D eigenvalue weighted by molar-refractivity contribution is 5.77. The van der Waals surface area contributed by atoms with E-state index in [4.69, 9.17) is 9.47 Å². The van der Waals surface area contributed by atoms with Crippen LogP contribution in [0.4, 0.5) is 0 Å². The van der Waals surface area contributed by atoms with E-state index in [2.05, 4.69) is 31.2 Å². The number of para-hydroxylation sites is 1. The Labute approximate surface area is 149 Å². The Bertz CT molecular complexity index is 662. The van der Waals surface area contributed by atoms with E-state index in [1.807, 2.05) is 43.6 Å². The van der Waals surface area contributed by atoms with Crippen molar-refractivity contribution in [2.24, 2.45) is 12.5 Å². The number of amides is 1. The molecule has 1 unspecified atom stereocenters. The fourth-order valence-electron chi connectivity index (χ4n) is 2.49. The fraction of sp³-hybridized carbons (Fsp3) is 0.474. The van der Waals surface area contributed by atoms with E-state index in [0.29, 0.717) is 13.2 Å². The lowest BCUT2D eigenvalue weighted by Gasteiger charge is -2.30. The molecule has 0 radical (unpaired) electrons. The van der Waals surface area contributed by atoms with E-state index in [9.17, 15) is 4.79 Å². The van der Waals surface area contributed by atoms with E-state index < -0.39 is 0 Å². The lowest BCUT2D eigenvalue weighted by atomic mass is 9.83. The molecule has 1 aromatic carbocycles. The van der Waals surface area contributed by atoms with E-state index in [0.717, 1.165) is 11.3 Å². The van der Waals surface area contributed by atoms with Gasteiger partial charge in [-0.1, -0.05) is 39.0 Å². The highest BCUT2D eigenvalue weighted by Crippen LogP contribution is 2.32. The zero-order chi connectivity index (χ0) is 18.3. The van der Waals surface area contributed by atoms with Crippen molar-refractivity contribution in [1.29, 1.82) is 0 Å². The van der Waals surface area contributed by atoms with Crippen molar-refractivity contribution in [2.75, 3.05) is 19.8 Å². The van der Waals surface area contributed by atoms with Crippen LogP contribution in [0.15, 0.2) is 42.7 Å². The lowest BCUT2D eigenvalue weighted by molar-refractivity contribution is -0.127. The number of hydrogen-bond acceptors (Lipinski definition) is 4. The molecule has 1 heterocycles. The standard InChI is InChI=1S/C19H27N3O3/c1-19(2,3)18(15-12-20-22(4)13-15)21-17(23)14-24-10-11-25-16-8-6-5-7-9-16/h5-9,12-13,18H,10-11,14H2,1-4H3,(H,21,23). The summed E-state index contributed by atoms with van der Waals surface area (Å²) in [6, 6.07) is 9.39. The first-order valence-electron chi connectivity index (χ1n) is 8.40. The minimum Gasteiger partial charge on any atom is -0.491 e. The number of nitrogens with zero attached hydrogens (tertiary/aromatic N) is 2. The van der Waals surface area contributed by atoms with Crippen molar-refractivity contribution in [3.05, 3.63) is 48.3 Å². The number of nitrogens with one attached hydrogen (secondary N) is 1. The predicted molar refractivity (Wildman–Crippen MR) is 96.3 cm³/mol. The third kappa shape index (κ3) is 6.23. The van der Waals surface area contributed by atoms with Crippen molar-refractivity contribution in [3.8, 4) is 5.75 Å². The molecule has 0 aliphatic heterocycles. The van der Waals surface area contributed by atoms with Crippen LogP contribution < -0.4 is 10.1 Å². The second kappa shape index (κ2) is 8.67. The Kier molecular flexibility index (Phi) is 6.58. The van der Waals surface area contributed by atoms with Crippen LogP contribution >= 0.6 is 0 Å². The van der Waals surface area contributed by atoms with Gasteiger partial charge in [-0.05, 0) is 17.5 Å². The van der Waals surface area contributed by atoms with E-state index >= 15 is 0 Å². The summed E-state index contributed by atoms with van der Waals surface area (Å²) in [5.74, 6) is 0.642. The predicted octanol–water partition coefficient (Wildman–Crippen LogP) is 2.72. The Morgan fingerprint density at radius 2 is 1.96 bits per heavy atom. The smallest absolute Gasteiger partial charge is 0.246 e. The summed E-state index contributed by atoms with van der Waals surface area (Å²) in [6.07, 6.45) is 3.70. The van der Waals surface area contributed by atoms with Crippen LogP contribution in [0.2, 0.25) is 0 Å². The van der Waals surface area contributed by atoms with Gasteiger partial charge in [-0.25, -0.2) is 0 Å². The number of benzene rings is 1. The van der Waals surface area contributed by atoms with Gasteiger partial charge in [-0.15, -0.1) is 0 Å². The summed E-state index contributed by atoms with van der Waals surface area (Å²) in [4.78, 5) is 12.2. The van der Waals surface area contributed by atoms with Crippen LogP contribution in [-0.4, -0.2) is 35.5 Å². The van der Waals surface area contributed by atoms with Crippen molar-refractivity contribution in [1.82, 2.24) is 15.1 Å². The molecule has 1 amide bonds. The van der Waals surface area contributed by atoms with Gasteiger partial charge in [0.1, 0.15) is 19.0 Å². The topological polar surface area (TPSA) is 65.4 Å². The molecule has 6 nitrogen and oxygen atoms in total. The van der Waals surface area contributed by atoms with Gasteiger partial charge >= 0.3 is 0 Å². The molecule has 0 saturated carbocycles. The molecule has 2 rings (SSSR count). The Morgan fingerprint density at radius 3 is 2.56 bits per heavy atom. The van der Waals surface area contributed by atoms with Gasteiger partial charge in [0.15, 0.2) is 0 Å². The second-order valence-corrected chi connectivity index (χ2v) is 7.03. The minimum absolute atomic E-state index is 0.00495. The molecule has 136 valence electrons. The molecule has 1 aromatic heterocycles.